The molecule has 0 aromatic rings. The van der Waals surface area contributed by atoms with Gasteiger partial charge >= 0.3 is 7.67 Å². The Balaban J connectivity index is 2.53. The quantitative estimate of drug-likeness (QED) is 0.532. The molecule has 0 aliphatic carbocycles. The highest BCUT2D eigenvalue weighted by molar-refractivity contribution is 7.53. The van der Waals surface area contributed by atoms with Crippen LogP contribution in [-0.2, 0) is 9.09 Å². The van der Waals surface area contributed by atoms with Crippen molar-refractivity contribution in [2.45, 2.75) is 6.42 Å². The van der Waals surface area contributed by atoms with E-state index >= 15 is 0 Å². The predicted molar refractivity (Wildman–Crippen MR) is 44.7 cm³/mol. The summed E-state index contributed by atoms with van der Waals surface area (Å²) < 4.78 is 17.9. The van der Waals surface area contributed by atoms with Gasteiger partial charge in [-0.1, -0.05) is 0 Å². The number of alkyl halides is 1. The molecule has 0 spiro atoms. The van der Waals surface area contributed by atoms with Gasteiger partial charge in [-0.05, 0) is 6.42 Å². The molecule has 4 nitrogen and oxygen atoms in total. The van der Waals surface area contributed by atoms with Gasteiger partial charge in [0.15, 0.2) is 0 Å². The topological polar surface area (TPSA) is 55.6 Å². The maximum absolute atomic E-state index is 11.4. The molecule has 2 N–H and O–H groups in total. The van der Waals surface area contributed by atoms with Gasteiger partial charge in [0.2, 0.25) is 0 Å². The first-order valence-electron chi connectivity index (χ1n) is 3.51. The second-order valence-electron chi connectivity index (χ2n) is 2.39. The minimum Gasteiger partial charge on any atom is -0.306 e. The molecule has 1 aliphatic heterocycles. The fourth-order valence-electron chi connectivity index (χ4n) is 1.01. The van der Waals surface area contributed by atoms with Crippen molar-refractivity contribution in [3.8, 4) is 0 Å². The summed E-state index contributed by atoms with van der Waals surface area (Å²) in [6.45, 7) is 1.75. The van der Waals surface area contributed by atoms with E-state index in [1.165, 1.54) is 0 Å². The Morgan fingerprint density at radius 1 is 1.73 bits per heavy atom. The summed E-state index contributed by atoms with van der Waals surface area (Å²) in [5.74, 6) is 0.435. The zero-order valence-electron chi connectivity index (χ0n) is 6.20. The normalized spacial score (nSPS) is 34.0. The first-order chi connectivity index (χ1) is 5.17. The smallest absolute Gasteiger partial charge is 0.306 e. The van der Waals surface area contributed by atoms with Crippen molar-refractivity contribution in [1.29, 1.82) is 0 Å². The van der Waals surface area contributed by atoms with Gasteiger partial charge in [-0.15, -0.1) is 11.6 Å². The lowest BCUT2D eigenvalue weighted by Gasteiger charge is -2.31. The van der Waals surface area contributed by atoms with Gasteiger partial charge in [0.05, 0.1) is 6.61 Å². The molecule has 1 rings (SSSR count). The van der Waals surface area contributed by atoms with Crippen molar-refractivity contribution in [2.24, 2.45) is 5.50 Å². The van der Waals surface area contributed by atoms with E-state index in [2.05, 4.69) is 0 Å². The Kier molecular flexibility index (Phi) is 3.34. The monoisotopic (exact) mass is 198 g/mol. The van der Waals surface area contributed by atoms with Crippen LogP contribution < -0.4 is 5.50 Å². The Morgan fingerprint density at radius 2 is 2.45 bits per heavy atom. The van der Waals surface area contributed by atoms with Crippen LogP contribution in [0.5, 0.6) is 0 Å². The molecule has 6 heteroatoms. The molecule has 0 saturated carbocycles. The summed E-state index contributed by atoms with van der Waals surface area (Å²) in [6.07, 6.45) is 0.873. The van der Waals surface area contributed by atoms with Gasteiger partial charge in [-0.3, -0.25) is 4.57 Å². The predicted octanol–water partition coefficient (Wildman–Crippen LogP) is 1.01. The van der Waals surface area contributed by atoms with E-state index in [1.807, 2.05) is 0 Å². The molecule has 1 atom stereocenters. The Hall–Kier alpha value is 0.400. The van der Waals surface area contributed by atoms with Gasteiger partial charge in [0.25, 0.3) is 0 Å². The van der Waals surface area contributed by atoms with Crippen LogP contribution in [0.1, 0.15) is 6.42 Å². The molecular formula is C5H12ClN2O2P. The van der Waals surface area contributed by atoms with Gasteiger partial charge < -0.3 is 4.52 Å². The molecular weight excluding hydrogens is 186 g/mol. The number of nitrogens with two attached hydrogens (primary N) is 1. The second kappa shape index (κ2) is 3.87. The fourth-order valence-corrected chi connectivity index (χ4v) is 2.69. The van der Waals surface area contributed by atoms with Crippen LogP contribution in [-0.4, -0.2) is 30.2 Å². The Bertz CT molecular complexity index is 176. The first-order valence-corrected chi connectivity index (χ1v) is 5.69. The lowest BCUT2D eigenvalue weighted by molar-refractivity contribution is 0.211. The van der Waals surface area contributed by atoms with Crippen LogP contribution in [0.3, 0.4) is 0 Å². The Morgan fingerprint density at radius 3 is 3.00 bits per heavy atom. The van der Waals surface area contributed by atoms with Crippen LogP contribution in [0.25, 0.3) is 0 Å². The summed E-state index contributed by atoms with van der Waals surface area (Å²) in [5, 5.41) is 0. The van der Waals surface area contributed by atoms with Crippen molar-refractivity contribution in [3.05, 3.63) is 0 Å². The first kappa shape index (κ1) is 9.49. The molecule has 0 aromatic heterocycles. The fraction of sp³-hybridized carbons (Fsp3) is 1.00. The number of nitrogens with zero attached hydrogens (tertiary/aromatic N) is 1. The highest BCUT2D eigenvalue weighted by Crippen LogP contribution is 2.44. The number of halogens is 1. The standard InChI is InChI=1S/C5H12ClN2O2P/c6-2-4-8-3-1-5-10-11(8,7)9/h1-5H2,(H2,7,9). The molecule has 0 bridgehead atoms. The minimum absolute atomic E-state index is 0.435. The zero-order valence-corrected chi connectivity index (χ0v) is 7.85. The molecule has 11 heavy (non-hydrogen) atoms. The van der Waals surface area contributed by atoms with Crippen molar-refractivity contribution in [1.82, 2.24) is 4.67 Å². The van der Waals surface area contributed by atoms with Crippen molar-refractivity contribution in [2.75, 3.05) is 25.6 Å². The lowest BCUT2D eigenvalue weighted by atomic mass is 10.4. The highest BCUT2D eigenvalue weighted by Gasteiger charge is 2.29. The largest absolute Gasteiger partial charge is 0.340 e. The van der Waals surface area contributed by atoms with Crippen molar-refractivity contribution < 1.29 is 9.09 Å². The van der Waals surface area contributed by atoms with Crippen molar-refractivity contribution >= 4 is 19.3 Å². The summed E-state index contributed by atoms with van der Waals surface area (Å²) in [6, 6.07) is 0. The number of hydrogen-bond acceptors (Lipinski definition) is 2. The second-order valence-corrected chi connectivity index (χ2v) is 4.72. The van der Waals surface area contributed by atoms with Crippen LogP contribution in [0.2, 0.25) is 0 Å². The summed E-state index contributed by atoms with van der Waals surface area (Å²) in [5.41, 5.74) is 5.41. The van der Waals surface area contributed by atoms with E-state index < -0.39 is 7.67 Å². The average molecular weight is 199 g/mol. The summed E-state index contributed by atoms with van der Waals surface area (Å²) in [4.78, 5) is 0. The van der Waals surface area contributed by atoms with E-state index in [1.54, 1.807) is 4.67 Å². The SMILES string of the molecule is NP1(=O)OCCCN1CCCl. The maximum Gasteiger partial charge on any atom is 0.340 e. The van der Waals surface area contributed by atoms with E-state index in [4.69, 9.17) is 21.6 Å². The van der Waals surface area contributed by atoms with Gasteiger partial charge in [-0.2, -0.15) is 0 Å². The van der Waals surface area contributed by atoms with Crippen LogP contribution in [0.4, 0.5) is 0 Å². The molecule has 66 valence electrons. The molecule has 1 saturated heterocycles. The van der Waals surface area contributed by atoms with E-state index in [0.717, 1.165) is 13.0 Å². The number of rotatable bonds is 2. The number of hydrogen-bond donors (Lipinski definition) is 1. The maximum atomic E-state index is 11.4. The third kappa shape index (κ3) is 2.42. The lowest BCUT2D eigenvalue weighted by Crippen LogP contribution is -2.33. The molecule has 1 heterocycles. The van der Waals surface area contributed by atoms with Crippen LogP contribution in [0.15, 0.2) is 0 Å². The summed E-state index contributed by atoms with van der Waals surface area (Å²) in [7, 11) is -2.96. The molecule has 0 aromatic carbocycles. The van der Waals surface area contributed by atoms with E-state index in [9.17, 15) is 4.57 Å². The Labute approximate surface area is 71.2 Å². The highest BCUT2D eigenvalue weighted by atomic mass is 35.5. The summed E-state index contributed by atoms with van der Waals surface area (Å²) >= 11 is 5.49. The van der Waals surface area contributed by atoms with Gasteiger partial charge in [-0.25, -0.2) is 10.2 Å². The van der Waals surface area contributed by atoms with E-state index in [-0.39, 0.29) is 0 Å². The third-order valence-corrected chi connectivity index (χ3v) is 3.48. The van der Waals surface area contributed by atoms with Gasteiger partial charge in [0, 0.05) is 19.0 Å². The molecule has 0 amide bonds. The van der Waals surface area contributed by atoms with Crippen molar-refractivity contribution in [3.63, 3.8) is 0 Å². The molecule has 1 unspecified atom stereocenters. The molecule has 0 radical (unpaired) electrons. The van der Waals surface area contributed by atoms with Crippen LogP contribution in [0, 0.1) is 0 Å². The van der Waals surface area contributed by atoms with E-state index in [0.29, 0.717) is 19.0 Å². The zero-order chi connectivity index (χ0) is 8.32. The molecule has 1 aliphatic rings. The van der Waals surface area contributed by atoms with Crippen LogP contribution >= 0.6 is 19.3 Å². The minimum atomic E-state index is -2.96. The molecule has 1 fully saturated rings. The average Bonchev–Trinajstić information content (AvgIpc) is 1.94. The third-order valence-electron chi connectivity index (χ3n) is 1.57. The van der Waals surface area contributed by atoms with Gasteiger partial charge in [0.1, 0.15) is 0 Å².